The third-order valence-corrected chi connectivity index (χ3v) is 6.49. The number of pyridine rings is 1. The molecular formula is C28H27N7O3. The second-order valence-corrected chi connectivity index (χ2v) is 8.76. The number of amides is 1. The molecule has 0 radical (unpaired) electrons. The Labute approximate surface area is 220 Å². The van der Waals surface area contributed by atoms with E-state index in [1.54, 1.807) is 31.2 Å². The number of aromatic nitrogens is 4. The first-order valence-electron chi connectivity index (χ1n) is 12.2. The highest BCUT2D eigenvalue weighted by Crippen LogP contribution is 2.26. The Bertz CT molecular complexity index is 1430. The molecule has 1 amide bonds. The van der Waals surface area contributed by atoms with Gasteiger partial charge in [0.15, 0.2) is 11.6 Å². The first-order chi connectivity index (χ1) is 18.6. The van der Waals surface area contributed by atoms with Gasteiger partial charge in [-0.05, 0) is 60.7 Å². The summed E-state index contributed by atoms with van der Waals surface area (Å²) in [5.41, 5.74) is 2.19. The van der Waals surface area contributed by atoms with Crippen molar-refractivity contribution in [3.05, 3.63) is 72.4 Å². The Hall–Kier alpha value is -4.91. The second-order valence-electron chi connectivity index (χ2n) is 8.76. The van der Waals surface area contributed by atoms with Crippen LogP contribution in [0.2, 0.25) is 0 Å². The monoisotopic (exact) mass is 509 g/mol. The van der Waals surface area contributed by atoms with Crippen molar-refractivity contribution >= 4 is 11.7 Å². The van der Waals surface area contributed by atoms with E-state index in [0.717, 1.165) is 28.4 Å². The van der Waals surface area contributed by atoms with Gasteiger partial charge in [-0.1, -0.05) is 0 Å². The lowest BCUT2D eigenvalue weighted by atomic mass is 10.2. The lowest BCUT2D eigenvalue weighted by molar-refractivity contribution is -0.132. The van der Waals surface area contributed by atoms with Crippen molar-refractivity contribution in [2.24, 2.45) is 0 Å². The van der Waals surface area contributed by atoms with Crippen LogP contribution in [0, 0.1) is 11.3 Å². The van der Waals surface area contributed by atoms with E-state index in [1.807, 2.05) is 59.5 Å². The van der Waals surface area contributed by atoms with Crippen molar-refractivity contribution in [3.8, 4) is 40.3 Å². The molecule has 1 aliphatic rings. The van der Waals surface area contributed by atoms with E-state index in [9.17, 15) is 4.79 Å². The molecule has 1 fully saturated rings. The molecule has 10 nitrogen and oxygen atoms in total. The Morgan fingerprint density at radius 2 is 1.53 bits per heavy atom. The highest BCUT2D eigenvalue weighted by molar-refractivity contribution is 5.77. The predicted molar refractivity (Wildman–Crippen MR) is 142 cm³/mol. The number of piperazine rings is 1. The first-order valence-corrected chi connectivity index (χ1v) is 12.2. The Kier molecular flexibility index (Phi) is 7.17. The molecular weight excluding hydrogens is 482 g/mol. The van der Waals surface area contributed by atoms with E-state index in [-0.39, 0.29) is 12.5 Å². The van der Waals surface area contributed by atoms with Crippen LogP contribution in [-0.2, 0) is 11.3 Å². The van der Waals surface area contributed by atoms with Crippen molar-refractivity contribution in [2.75, 3.05) is 45.3 Å². The fourth-order valence-electron chi connectivity index (χ4n) is 4.32. The molecule has 0 spiro atoms. The minimum absolute atomic E-state index is 0.0293. The van der Waals surface area contributed by atoms with Gasteiger partial charge < -0.3 is 19.3 Å². The molecule has 1 saturated heterocycles. The van der Waals surface area contributed by atoms with Crippen molar-refractivity contribution in [1.29, 1.82) is 5.26 Å². The maximum Gasteiger partial charge on any atom is 0.244 e. The minimum Gasteiger partial charge on any atom is -0.497 e. The number of nitrogens with zero attached hydrogens (tertiary/aromatic N) is 7. The molecule has 192 valence electrons. The number of nitriles is 1. The average molecular weight is 510 g/mol. The fraction of sp³-hybridized carbons (Fsp3) is 0.250. The summed E-state index contributed by atoms with van der Waals surface area (Å²) in [4.78, 5) is 26.5. The van der Waals surface area contributed by atoms with Gasteiger partial charge in [-0.2, -0.15) is 5.26 Å². The molecule has 1 aliphatic heterocycles. The number of ether oxygens (including phenoxy) is 2. The largest absolute Gasteiger partial charge is 0.497 e. The number of hydrogen-bond donors (Lipinski definition) is 0. The van der Waals surface area contributed by atoms with Crippen LogP contribution in [0.3, 0.4) is 0 Å². The summed E-state index contributed by atoms with van der Waals surface area (Å²) in [5, 5.41) is 13.7. The number of hydrogen-bond acceptors (Lipinski definition) is 8. The highest BCUT2D eigenvalue weighted by atomic mass is 16.5. The van der Waals surface area contributed by atoms with Gasteiger partial charge in [-0.3, -0.25) is 4.79 Å². The molecule has 0 atom stereocenters. The Morgan fingerprint density at radius 3 is 2.08 bits per heavy atom. The maximum atomic E-state index is 13.3. The first kappa shape index (κ1) is 24.8. The van der Waals surface area contributed by atoms with Gasteiger partial charge in [0.1, 0.15) is 29.9 Å². The Balaban J connectivity index is 1.34. The quantitative estimate of drug-likeness (QED) is 0.374. The minimum atomic E-state index is -0.0293. The molecule has 0 bridgehead atoms. The van der Waals surface area contributed by atoms with Crippen LogP contribution in [0.5, 0.6) is 11.5 Å². The third kappa shape index (κ3) is 5.27. The summed E-state index contributed by atoms with van der Waals surface area (Å²) in [6, 6.07) is 20.7. The van der Waals surface area contributed by atoms with Crippen LogP contribution in [0.1, 0.15) is 5.56 Å². The molecule has 0 unspecified atom stereocenters. The predicted octanol–water partition coefficient (Wildman–Crippen LogP) is 3.24. The number of rotatable bonds is 7. The number of benzene rings is 2. The zero-order chi connectivity index (χ0) is 26.5. The third-order valence-electron chi connectivity index (χ3n) is 6.49. The Morgan fingerprint density at radius 1 is 0.895 bits per heavy atom. The topological polar surface area (TPSA) is 109 Å². The molecule has 2 aromatic carbocycles. The molecule has 3 heterocycles. The zero-order valence-corrected chi connectivity index (χ0v) is 21.2. The molecule has 0 aliphatic carbocycles. The summed E-state index contributed by atoms with van der Waals surface area (Å²) >= 11 is 0. The van der Waals surface area contributed by atoms with Crippen molar-refractivity contribution < 1.29 is 14.3 Å². The van der Waals surface area contributed by atoms with E-state index in [2.05, 4.69) is 16.0 Å². The fourth-order valence-corrected chi connectivity index (χ4v) is 4.32. The highest BCUT2D eigenvalue weighted by Gasteiger charge is 2.24. The van der Waals surface area contributed by atoms with Crippen LogP contribution in [0.25, 0.3) is 22.8 Å². The van der Waals surface area contributed by atoms with Gasteiger partial charge in [0.05, 0.1) is 19.8 Å². The van der Waals surface area contributed by atoms with Crippen molar-refractivity contribution in [1.82, 2.24) is 24.6 Å². The maximum absolute atomic E-state index is 13.3. The van der Waals surface area contributed by atoms with E-state index in [1.165, 1.54) is 0 Å². The molecule has 5 rings (SSSR count). The number of carbonyl (C=O) groups excluding carboxylic acids is 1. The number of carbonyl (C=O) groups is 1. The zero-order valence-electron chi connectivity index (χ0n) is 21.2. The van der Waals surface area contributed by atoms with Crippen LogP contribution < -0.4 is 14.4 Å². The summed E-state index contributed by atoms with van der Waals surface area (Å²) in [6.07, 6.45) is 1.57. The lowest BCUT2D eigenvalue weighted by Gasteiger charge is -2.35. The van der Waals surface area contributed by atoms with E-state index in [4.69, 9.17) is 24.8 Å². The standard InChI is InChI=1S/C28H27N7O3/c1-37-23-8-4-21(5-9-23)27-31-28(22-6-10-24(38-2)11-7-22)35(32-27)19-26(36)34-15-13-33(14-16-34)25-12-3-20(17-29)18-30-25/h3-12,18H,13-16,19H2,1-2H3. The number of anilines is 1. The molecule has 4 aromatic rings. The lowest BCUT2D eigenvalue weighted by Crippen LogP contribution is -2.50. The molecule has 38 heavy (non-hydrogen) atoms. The van der Waals surface area contributed by atoms with Crippen LogP contribution in [-0.4, -0.2) is 71.0 Å². The van der Waals surface area contributed by atoms with E-state index in [0.29, 0.717) is 43.4 Å². The molecule has 2 aromatic heterocycles. The van der Waals surface area contributed by atoms with Gasteiger partial charge in [0.25, 0.3) is 0 Å². The van der Waals surface area contributed by atoms with E-state index < -0.39 is 0 Å². The van der Waals surface area contributed by atoms with Crippen LogP contribution >= 0.6 is 0 Å². The second kappa shape index (κ2) is 11.0. The average Bonchev–Trinajstić information content (AvgIpc) is 3.41. The van der Waals surface area contributed by atoms with E-state index >= 15 is 0 Å². The van der Waals surface area contributed by atoms with Gasteiger partial charge in [-0.15, -0.1) is 5.10 Å². The normalized spacial score (nSPS) is 13.2. The van der Waals surface area contributed by atoms with Crippen LogP contribution in [0.4, 0.5) is 5.82 Å². The summed E-state index contributed by atoms with van der Waals surface area (Å²) in [7, 11) is 3.24. The van der Waals surface area contributed by atoms with Crippen LogP contribution in [0.15, 0.2) is 66.9 Å². The summed E-state index contributed by atoms with van der Waals surface area (Å²) < 4.78 is 12.2. The summed E-state index contributed by atoms with van der Waals surface area (Å²) in [6.45, 7) is 2.52. The molecule has 0 saturated carbocycles. The van der Waals surface area contributed by atoms with Crippen molar-refractivity contribution in [2.45, 2.75) is 6.54 Å². The molecule has 10 heteroatoms. The van der Waals surface area contributed by atoms with Gasteiger partial charge in [-0.25, -0.2) is 14.6 Å². The van der Waals surface area contributed by atoms with Gasteiger partial charge in [0, 0.05) is 43.5 Å². The summed E-state index contributed by atoms with van der Waals surface area (Å²) in [5.74, 6) is 3.39. The molecule has 0 N–H and O–H groups in total. The van der Waals surface area contributed by atoms with Crippen molar-refractivity contribution in [3.63, 3.8) is 0 Å². The number of methoxy groups -OCH3 is 2. The smallest absolute Gasteiger partial charge is 0.244 e. The van der Waals surface area contributed by atoms with Gasteiger partial charge >= 0.3 is 0 Å². The van der Waals surface area contributed by atoms with Gasteiger partial charge in [0.2, 0.25) is 5.91 Å². The SMILES string of the molecule is COc1ccc(-c2nc(-c3ccc(OC)cc3)n(CC(=O)N3CCN(c4ccc(C#N)cn4)CC3)n2)cc1.